The van der Waals surface area contributed by atoms with E-state index in [0.717, 1.165) is 12.0 Å². The minimum Gasteiger partial charge on any atom is -0.493 e. The zero-order valence-electron chi connectivity index (χ0n) is 16.6. The van der Waals surface area contributed by atoms with Crippen LogP contribution >= 0.6 is 11.6 Å². The molecule has 0 bridgehead atoms. The summed E-state index contributed by atoms with van der Waals surface area (Å²) in [6.45, 7) is 2.84. The normalized spacial score (nSPS) is 17.7. The SMILES string of the molecule is CCCOC1=C/C(=C2/C=C(OCCCl)c3ccccc3C2=O)C(=O)c2ccccc21. The van der Waals surface area contributed by atoms with Crippen molar-refractivity contribution in [1.82, 2.24) is 0 Å². The zero-order valence-corrected chi connectivity index (χ0v) is 17.4. The highest BCUT2D eigenvalue weighted by Crippen LogP contribution is 2.36. The van der Waals surface area contributed by atoms with Gasteiger partial charge in [-0.05, 0) is 18.6 Å². The van der Waals surface area contributed by atoms with Crippen molar-refractivity contribution in [2.45, 2.75) is 13.3 Å². The molecule has 2 aromatic rings. The predicted molar refractivity (Wildman–Crippen MR) is 117 cm³/mol. The van der Waals surface area contributed by atoms with Gasteiger partial charge in [0.25, 0.3) is 0 Å². The predicted octanol–water partition coefficient (Wildman–Crippen LogP) is 5.44. The quantitative estimate of drug-likeness (QED) is 0.461. The molecule has 0 saturated carbocycles. The number of alkyl halides is 1. The van der Waals surface area contributed by atoms with Gasteiger partial charge in [-0.2, -0.15) is 0 Å². The molecule has 0 heterocycles. The summed E-state index contributed by atoms with van der Waals surface area (Å²) in [5.41, 5.74) is 3.08. The van der Waals surface area contributed by atoms with Crippen LogP contribution in [-0.2, 0) is 9.47 Å². The van der Waals surface area contributed by atoms with E-state index in [2.05, 4.69) is 0 Å². The molecule has 0 fully saturated rings. The Morgan fingerprint density at radius 1 is 0.700 bits per heavy atom. The lowest BCUT2D eigenvalue weighted by Gasteiger charge is -2.23. The average molecular weight is 421 g/mol. The second kappa shape index (κ2) is 8.72. The Kier molecular flexibility index (Phi) is 5.86. The summed E-state index contributed by atoms with van der Waals surface area (Å²) in [4.78, 5) is 26.6. The number of benzene rings is 2. The molecule has 0 unspecified atom stereocenters. The van der Waals surface area contributed by atoms with Crippen LogP contribution in [0.5, 0.6) is 0 Å². The fourth-order valence-corrected chi connectivity index (χ4v) is 3.71. The molecule has 2 aliphatic carbocycles. The van der Waals surface area contributed by atoms with Gasteiger partial charge in [0.2, 0.25) is 0 Å². The van der Waals surface area contributed by atoms with Crippen molar-refractivity contribution in [1.29, 1.82) is 0 Å². The molecule has 2 aliphatic rings. The van der Waals surface area contributed by atoms with E-state index < -0.39 is 0 Å². The minimum atomic E-state index is -0.211. The van der Waals surface area contributed by atoms with E-state index in [1.54, 1.807) is 30.4 Å². The summed E-state index contributed by atoms with van der Waals surface area (Å²) in [6, 6.07) is 14.5. The smallest absolute Gasteiger partial charge is 0.194 e. The lowest BCUT2D eigenvalue weighted by molar-refractivity contribution is 0.100. The Bertz CT molecular complexity index is 1020. The number of allylic oxidation sites excluding steroid dienone is 4. The highest BCUT2D eigenvalue weighted by atomic mass is 35.5. The highest BCUT2D eigenvalue weighted by molar-refractivity contribution is 6.25. The molecule has 2 aromatic carbocycles. The van der Waals surface area contributed by atoms with E-state index >= 15 is 0 Å². The van der Waals surface area contributed by atoms with Gasteiger partial charge in [0.15, 0.2) is 11.6 Å². The lowest BCUT2D eigenvalue weighted by atomic mass is 9.83. The van der Waals surface area contributed by atoms with Crippen LogP contribution in [-0.4, -0.2) is 30.7 Å². The number of ether oxygens (including phenoxy) is 2. The maximum atomic E-state index is 13.3. The summed E-state index contributed by atoms with van der Waals surface area (Å²) in [6.07, 6.45) is 4.16. The van der Waals surface area contributed by atoms with Crippen molar-refractivity contribution in [3.63, 3.8) is 0 Å². The third-order valence-electron chi connectivity index (χ3n) is 5.00. The monoisotopic (exact) mass is 420 g/mol. The Morgan fingerprint density at radius 3 is 1.57 bits per heavy atom. The van der Waals surface area contributed by atoms with E-state index in [9.17, 15) is 9.59 Å². The number of carbonyl (C=O) groups excluding carboxylic acids is 2. The Balaban J connectivity index is 1.90. The number of ketones is 2. The highest BCUT2D eigenvalue weighted by Gasteiger charge is 2.31. The molecule has 0 radical (unpaired) electrons. The second-order valence-electron chi connectivity index (χ2n) is 6.98. The van der Waals surface area contributed by atoms with Gasteiger partial charge in [-0.15, -0.1) is 11.6 Å². The molecule has 0 aromatic heterocycles. The van der Waals surface area contributed by atoms with E-state index in [4.69, 9.17) is 21.1 Å². The zero-order chi connectivity index (χ0) is 21.1. The van der Waals surface area contributed by atoms with Crippen LogP contribution in [0.1, 0.15) is 45.2 Å². The molecule has 4 nitrogen and oxygen atoms in total. The largest absolute Gasteiger partial charge is 0.493 e. The van der Waals surface area contributed by atoms with Gasteiger partial charge in [0.05, 0.1) is 12.5 Å². The summed E-state index contributed by atoms with van der Waals surface area (Å²) < 4.78 is 11.7. The van der Waals surface area contributed by atoms with Crippen LogP contribution in [0.4, 0.5) is 0 Å². The van der Waals surface area contributed by atoms with Crippen molar-refractivity contribution in [2.24, 2.45) is 0 Å². The number of fused-ring (bicyclic) bond motifs is 2. The van der Waals surface area contributed by atoms with E-state index in [1.807, 2.05) is 37.3 Å². The van der Waals surface area contributed by atoms with Crippen LogP contribution in [0.2, 0.25) is 0 Å². The summed E-state index contributed by atoms with van der Waals surface area (Å²) >= 11 is 5.80. The van der Waals surface area contributed by atoms with Crippen LogP contribution in [0.25, 0.3) is 11.5 Å². The van der Waals surface area contributed by atoms with Crippen molar-refractivity contribution in [3.05, 3.63) is 94.1 Å². The first kappa shape index (κ1) is 20.2. The first-order valence-corrected chi connectivity index (χ1v) is 10.5. The fraction of sp³-hybridized carbons (Fsp3) is 0.200. The van der Waals surface area contributed by atoms with Crippen molar-refractivity contribution < 1.29 is 19.1 Å². The van der Waals surface area contributed by atoms with Gasteiger partial charge < -0.3 is 9.47 Å². The van der Waals surface area contributed by atoms with Gasteiger partial charge in [-0.3, -0.25) is 9.59 Å². The molecule has 0 saturated heterocycles. The van der Waals surface area contributed by atoms with E-state index in [1.165, 1.54) is 0 Å². The van der Waals surface area contributed by atoms with E-state index in [-0.39, 0.29) is 11.6 Å². The maximum Gasteiger partial charge on any atom is 0.194 e. The third-order valence-corrected chi connectivity index (χ3v) is 5.16. The fourth-order valence-electron chi connectivity index (χ4n) is 3.63. The molecule has 0 N–H and O–H groups in total. The molecule has 0 amide bonds. The van der Waals surface area contributed by atoms with Gasteiger partial charge in [0, 0.05) is 33.4 Å². The molecule has 152 valence electrons. The van der Waals surface area contributed by atoms with Gasteiger partial charge in [-0.25, -0.2) is 0 Å². The van der Waals surface area contributed by atoms with Gasteiger partial charge in [-0.1, -0.05) is 55.5 Å². The molecule has 0 aliphatic heterocycles. The molecule has 30 heavy (non-hydrogen) atoms. The Labute approximate surface area is 180 Å². The van der Waals surface area contributed by atoms with Crippen LogP contribution in [0.3, 0.4) is 0 Å². The van der Waals surface area contributed by atoms with Crippen LogP contribution < -0.4 is 0 Å². The summed E-state index contributed by atoms with van der Waals surface area (Å²) in [7, 11) is 0. The number of hydrogen-bond acceptors (Lipinski definition) is 4. The molecular weight excluding hydrogens is 400 g/mol. The first-order valence-electron chi connectivity index (χ1n) is 9.93. The second-order valence-corrected chi connectivity index (χ2v) is 7.36. The van der Waals surface area contributed by atoms with E-state index in [0.29, 0.717) is 58.4 Å². The van der Waals surface area contributed by atoms with Crippen LogP contribution in [0.15, 0.2) is 71.8 Å². The molecule has 0 spiro atoms. The van der Waals surface area contributed by atoms with Crippen molar-refractivity contribution >= 4 is 34.7 Å². The molecule has 0 atom stereocenters. The number of Topliss-reactive ketones (excluding diaryl/α,β-unsaturated/α-hetero) is 2. The Hall–Kier alpha value is -3.11. The number of hydrogen-bond donors (Lipinski definition) is 0. The summed E-state index contributed by atoms with van der Waals surface area (Å²) in [5.74, 6) is 1.03. The first-order chi connectivity index (χ1) is 14.7. The molecule has 5 heteroatoms. The average Bonchev–Trinajstić information content (AvgIpc) is 2.79. The standard InChI is InChI=1S/C25H21ClO4/c1-2-12-29-22-14-20(24(27)18-9-5-3-7-16(18)22)21-15-23(30-13-11-26)17-8-4-6-10-19(17)25(21)28/h3-10,14-15H,2,11-13H2,1H3/b21-20+. The lowest BCUT2D eigenvalue weighted by Crippen LogP contribution is -2.20. The van der Waals surface area contributed by atoms with Gasteiger partial charge in [0.1, 0.15) is 18.1 Å². The van der Waals surface area contributed by atoms with Crippen molar-refractivity contribution in [3.8, 4) is 0 Å². The molecule has 4 rings (SSSR count). The summed E-state index contributed by atoms with van der Waals surface area (Å²) in [5, 5.41) is 0. The Morgan fingerprint density at radius 2 is 1.13 bits per heavy atom. The molecular formula is C25H21ClO4. The minimum absolute atomic E-state index is 0.204. The van der Waals surface area contributed by atoms with Crippen LogP contribution in [0, 0.1) is 0 Å². The third kappa shape index (κ3) is 3.59. The number of carbonyl (C=O) groups is 2. The van der Waals surface area contributed by atoms with Crippen molar-refractivity contribution in [2.75, 3.05) is 19.1 Å². The number of halogens is 1. The number of rotatable bonds is 6. The van der Waals surface area contributed by atoms with Gasteiger partial charge >= 0.3 is 0 Å². The topological polar surface area (TPSA) is 52.6 Å². The maximum absolute atomic E-state index is 13.3.